The molecule has 0 heterocycles. The standard InChI is InChI=1S/C13H16ClNO2/c1-10(15-2)8-13(9-16-3)17-12-6-4-11(14)5-7-12/h4-8H,9H2,1-3H3/b13-8-,15-10?. The number of hydrogen-bond donors (Lipinski definition) is 0. The molecule has 4 heteroatoms. The Hall–Kier alpha value is -1.32. The first-order chi connectivity index (χ1) is 8.15. The average molecular weight is 254 g/mol. The van der Waals surface area contributed by atoms with Crippen molar-refractivity contribution in [2.75, 3.05) is 20.8 Å². The van der Waals surface area contributed by atoms with Crippen LogP contribution in [0.4, 0.5) is 0 Å². The van der Waals surface area contributed by atoms with Crippen LogP contribution in [0.5, 0.6) is 5.75 Å². The summed E-state index contributed by atoms with van der Waals surface area (Å²) in [6.45, 7) is 2.30. The number of hydrogen-bond acceptors (Lipinski definition) is 3. The van der Waals surface area contributed by atoms with Gasteiger partial charge in [-0.25, -0.2) is 0 Å². The Kier molecular flexibility index (Phi) is 5.73. The first kappa shape index (κ1) is 13.7. The minimum absolute atomic E-state index is 0.398. The number of nitrogens with zero attached hydrogens (tertiary/aromatic N) is 1. The summed E-state index contributed by atoms with van der Waals surface area (Å²) >= 11 is 5.80. The molecule has 92 valence electrons. The average Bonchev–Trinajstić information content (AvgIpc) is 2.32. The van der Waals surface area contributed by atoms with Gasteiger partial charge in [-0.15, -0.1) is 0 Å². The van der Waals surface area contributed by atoms with Gasteiger partial charge in [0, 0.05) is 24.9 Å². The van der Waals surface area contributed by atoms with Gasteiger partial charge in [-0.05, 0) is 37.3 Å². The van der Waals surface area contributed by atoms with E-state index in [4.69, 9.17) is 21.1 Å². The van der Waals surface area contributed by atoms with E-state index in [0.29, 0.717) is 17.4 Å². The summed E-state index contributed by atoms with van der Waals surface area (Å²) in [6, 6.07) is 7.18. The van der Waals surface area contributed by atoms with Crippen molar-refractivity contribution in [3.63, 3.8) is 0 Å². The molecule has 0 atom stereocenters. The first-order valence-electron chi connectivity index (χ1n) is 5.22. The number of methoxy groups -OCH3 is 1. The maximum absolute atomic E-state index is 5.80. The largest absolute Gasteiger partial charge is 0.459 e. The van der Waals surface area contributed by atoms with Crippen LogP contribution in [0, 0.1) is 0 Å². The smallest absolute Gasteiger partial charge is 0.132 e. The fourth-order valence-electron chi connectivity index (χ4n) is 1.19. The van der Waals surface area contributed by atoms with Crippen LogP contribution < -0.4 is 4.74 Å². The van der Waals surface area contributed by atoms with E-state index >= 15 is 0 Å². The molecule has 0 amide bonds. The van der Waals surface area contributed by atoms with Gasteiger partial charge in [-0.3, -0.25) is 4.99 Å². The summed E-state index contributed by atoms with van der Waals surface area (Å²) in [5.41, 5.74) is 0.881. The van der Waals surface area contributed by atoms with Crippen molar-refractivity contribution in [3.8, 4) is 5.75 Å². The second-order valence-electron chi connectivity index (χ2n) is 3.46. The zero-order valence-corrected chi connectivity index (χ0v) is 11.0. The molecule has 0 aliphatic heterocycles. The van der Waals surface area contributed by atoms with Gasteiger partial charge in [-0.2, -0.15) is 0 Å². The molecule has 0 N–H and O–H groups in total. The van der Waals surface area contributed by atoms with Gasteiger partial charge >= 0.3 is 0 Å². The van der Waals surface area contributed by atoms with Crippen LogP contribution in [0.25, 0.3) is 0 Å². The summed E-state index contributed by atoms with van der Waals surface area (Å²) in [5, 5.41) is 0.681. The van der Waals surface area contributed by atoms with Crippen LogP contribution in [0.15, 0.2) is 41.1 Å². The first-order valence-corrected chi connectivity index (χ1v) is 5.60. The van der Waals surface area contributed by atoms with Crippen LogP contribution in [0.3, 0.4) is 0 Å². The quantitative estimate of drug-likeness (QED) is 0.595. The molecule has 0 aliphatic rings. The van der Waals surface area contributed by atoms with Crippen LogP contribution in [-0.2, 0) is 4.74 Å². The summed E-state index contributed by atoms with van der Waals surface area (Å²) < 4.78 is 10.7. The van der Waals surface area contributed by atoms with E-state index in [1.165, 1.54) is 0 Å². The molecule has 0 saturated carbocycles. The van der Waals surface area contributed by atoms with Gasteiger partial charge in [0.25, 0.3) is 0 Å². The monoisotopic (exact) mass is 253 g/mol. The van der Waals surface area contributed by atoms with Crippen LogP contribution in [0.1, 0.15) is 6.92 Å². The lowest BCUT2D eigenvalue weighted by Gasteiger charge is -2.09. The number of aliphatic imine (C=N–C) groups is 1. The molecule has 1 aromatic carbocycles. The lowest BCUT2D eigenvalue weighted by atomic mass is 10.3. The van der Waals surface area contributed by atoms with Crippen molar-refractivity contribution in [3.05, 3.63) is 41.1 Å². The fourth-order valence-corrected chi connectivity index (χ4v) is 1.32. The second-order valence-corrected chi connectivity index (χ2v) is 3.90. The second kappa shape index (κ2) is 7.09. The molecule has 0 bridgehead atoms. The van der Waals surface area contributed by atoms with Gasteiger partial charge in [0.2, 0.25) is 0 Å². The van der Waals surface area contributed by atoms with E-state index in [-0.39, 0.29) is 0 Å². The summed E-state index contributed by atoms with van der Waals surface area (Å²) in [4.78, 5) is 4.05. The third-order valence-electron chi connectivity index (χ3n) is 2.07. The molecular formula is C13H16ClNO2. The Balaban J connectivity index is 2.80. The minimum Gasteiger partial charge on any atom is -0.459 e. The Labute approximate surface area is 107 Å². The van der Waals surface area contributed by atoms with Gasteiger partial charge in [0.15, 0.2) is 0 Å². The lowest BCUT2D eigenvalue weighted by Crippen LogP contribution is -2.05. The SMILES string of the molecule is CN=C(C)/C=C(/COC)Oc1ccc(Cl)cc1. The Morgan fingerprint density at radius 3 is 2.53 bits per heavy atom. The summed E-state index contributed by atoms with van der Waals surface area (Å²) in [6.07, 6.45) is 1.85. The third kappa shape index (κ3) is 5.02. The molecule has 17 heavy (non-hydrogen) atoms. The molecular weight excluding hydrogens is 238 g/mol. The fraction of sp³-hybridized carbons (Fsp3) is 0.308. The number of allylic oxidation sites excluding steroid dienone is 1. The zero-order chi connectivity index (χ0) is 12.7. The van der Waals surface area contributed by atoms with E-state index in [1.807, 2.05) is 25.1 Å². The highest BCUT2D eigenvalue weighted by Crippen LogP contribution is 2.18. The Morgan fingerprint density at radius 1 is 1.35 bits per heavy atom. The van der Waals surface area contributed by atoms with E-state index in [2.05, 4.69) is 4.99 Å². The van der Waals surface area contributed by atoms with Crippen LogP contribution >= 0.6 is 11.6 Å². The third-order valence-corrected chi connectivity index (χ3v) is 2.32. The van der Waals surface area contributed by atoms with Gasteiger partial charge in [0.05, 0.1) is 0 Å². The van der Waals surface area contributed by atoms with Crippen molar-refractivity contribution in [1.29, 1.82) is 0 Å². The molecule has 0 aromatic heterocycles. The molecule has 3 nitrogen and oxygen atoms in total. The highest BCUT2D eigenvalue weighted by atomic mass is 35.5. The number of halogens is 1. The van der Waals surface area contributed by atoms with E-state index in [0.717, 1.165) is 11.5 Å². The van der Waals surface area contributed by atoms with Crippen molar-refractivity contribution in [2.45, 2.75) is 6.92 Å². The number of rotatable bonds is 5. The molecule has 0 fully saturated rings. The molecule has 0 unspecified atom stereocenters. The lowest BCUT2D eigenvalue weighted by molar-refractivity contribution is 0.189. The molecule has 0 aliphatic carbocycles. The van der Waals surface area contributed by atoms with Gasteiger partial charge < -0.3 is 9.47 Å². The van der Waals surface area contributed by atoms with Crippen molar-refractivity contribution >= 4 is 17.3 Å². The molecule has 1 aromatic rings. The molecule has 1 rings (SSSR count). The van der Waals surface area contributed by atoms with E-state index < -0.39 is 0 Å². The normalized spacial score (nSPS) is 12.7. The predicted octanol–water partition coefficient (Wildman–Crippen LogP) is 3.34. The maximum atomic E-state index is 5.80. The summed E-state index contributed by atoms with van der Waals surface area (Å²) in [5.74, 6) is 1.43. The topological polar surface area (TPSA) is 30.8 Å². The van der Waals surface area contributed by atoms with Crippen LogP contribution in [-0.4, -0.2) is 26.5 Å². The van der Waals surface area contributed by atoms with Gasteiger partial charge in [0.1, 0.15) is 18.1 Å². The number of benzene rings is 1. The predicted molar refractivity (Wildman–Crippen MR) is 71.1 cm³/mol. The van der Waals surface area contributed by atoms with Crippen molar-refractivity contribution in [2.24, 2.45) is 4.99 Å². The molecule has 0 saturated heterocycles. The van der Waals surface area contributed by atoms with Crippen molar-refractivity contribution < 1.29 is 9.47 Å². The van der Waals surface area contributed by atoms with Crippen LogP contribution in [0.2, 0.25) is 5.02 Å². The van der Waals surface area contributed by atoms with E-state index in [9.17, 15) is 0 Å². The highest BCUT2D eigenvalue weighted by Gasteiger charge is 2.01. The molecule has 0 radical (unpaired) electrons. The van der Waals surface area contributed by atoms with Crippen molar-refractivity contribution in [1.82, 2.24) is 0 Å². The highest BCUT2D eigenvalue weighted by molar-refractivity contribution is 6.30. The van der Waals surface area contributed by atoms with E-state index in [1.54, 1.807) is 26.3 Å². The number of ether oxygens (including phenoxy) is 2. The summed E-state index contributed by atoms with van der Waals surface area (Å²) in [7, 11) is 3.36. The zero-order valence-electron chi connectivity index (χ0n) is 10.2. The van der Waals surface area contributed by atoms with Gasteiger partial charge in [-0.1, -0.05) is 11.6 Å². The molecule has 0 spiro atoms. The minimum atomic E-state index is 0.398. The Morgan fingerprint density at radius 2 is 2.00 bits per heavy atom. The maximum Gasteiger partial charge on any atom is 0.132 e. The Bertz CT molecular complexity index is 410.